The molecule has 1 fully saturated rings. The average Bonchev–Trinajstić information content (AvgIpc) is 3.95. The molecule has 288 valence electrons. The molecule has 3 aromatic rings. The number of rotatable bonds is 26. The van der Waals surface area contributed by atoms with Crippen LogP contribution in [0.5, 0.6) is 0 Å². The van der Waals surface area contributed by atoms with Crippen molar-refractivity contribution < 1.29 is 28.6 Å². The van der Waals surface area contributed by atoms with Gasteiger partial charge in [0.1, 0.15) is 17.9 Å². The summed E-state index contributed by atoms with van der Waals surface area (Å²) in [6, 6.07) is 8.23. The Morgan fingerprint density at radius 2 is 1.57 bits per heavy atom. The molecule has 0 spiro atoms. The second kappa shape index (κ2) is 22.6. The van der Waals surface area contributed by atoms with Crippen molar-refractivity contribution in [2.75, 3.05) is 20.3 Å². The monoisotopic (exact) mass is 732 g/mol. The minimum absolute atomic E-state index is 0.0246. The van der Waals surface area contributed by atoms with Gasteiger partial charge in [0.05, 0.1) is 17.6 Å². The number of carboxylic acids is 1. The maximum atomic E-state index is 14.2. The van der Waals surface area contributed by atoms with Gasteiger partial charge in [0.15, 0.2) is 0 Å². The van der Waals surface area contributed by atoms with Crippen LogP contribution in [0.2, 0.25) is 0 Å². The number of allylic oxidation sites excluding steroid dienone is 2. The Hall–Kier alpha value is -4.38. The molecule has 0 atom stereocenters. The quantitative estimate of drug-likeness (QED) is 0.0577. The summed E-state index contributed by atoms with van der Waals surface area (Å²) in [6.07, 6.45) is 22.8. The first-order chi connectivity index (χ1) is 25.8. The summed E-state index contributed by atoms with van der Waals surface area (Å²) in [7, 11) is 1.54. The van der Waals surface area contributed by atoms with E-state index < -0.39 is 17.4 Å². The number of nitrogens with zero attached hydrogens (tertiary/aromatic N) is 2. The third-order valence-corrected chi connectivity index (χ3v) is 9.62. The highest BCUT2D eigenvalue weighted by Crippen LogP contribution is 2.24. The number of benzene rings is 1. The van der Waals surface area contributed by atoms with Crippen molar-refractivity contribution in [1.29, 1.82) is 0 Å². The van der Waals surface area contributed by atoms with Gasteiger partial charge in [0.25, 0.3) is 11.5 Å². The van der Waals surface area contributed by atoms with Crippen molar-refractivity contribution in [3.05, 3.63) is 87.1 Å². The van der Waals surface area contributed by atoms with Crippen LogP contribution < -0.4 is 16.2 Å². The number of aliphatic carboxylic acids is 1. The highest BCUT2D eigenvalue weighted by molar-refractivity contribution is 5.99. The molecule has 1 saturated carbocycles. The molecule has 10 nitrogen and oxygen atoms in total. The first kappa shape index (κ1) is 41.4. The third-order valence-electron chi connectivity index (χ3n) is 9.62. The molecule has 1 aliphatic rings. The van der Waals surface area contributed by atoms with Crippen LogP contribution in [0.4, 0.5) is 4.39 Å². The van der Waals surface area contributed by atoms with Crippen LogP contribution in [0.1, 0.15) is 130 Å². The Balaban J connectivity index is 1.39. The van der Waals surface area contributed by atoms with Gasteiger partial charge in [-0.3, -0.25) is 28.7 Å². The number of pyridine rings is 2. The number of hydrogen-bond donors (Lipinski definition) is 3. The van der Waals surface area contributed by atoms with Gasteiger partial charge in [0.2, 0.25) is 5.91 Å². The zero-order valence-electron chi connectivity index (χ0n) is 31.3. The number of fused-ring (bicyclic) bond motifs is 1. The highest BCUT2D eigenvalue weighted by atomic mass is 19.1. The molecule has 0 unspecified atom stereocenters. The second-order valence-corrected chi connectivity index (χ2v) is 14.2. The fourth-order valence-corrected chi connectivity index (χ4v) is 6.57. The summed E-state index contributed by atoms with van der Waals surface area (Å²) in [5.41, 5.74) is 2.84. The number of unbranched alkanes of at least 4 members (excludes halogenated alkanes) is 11. The molecule has 1 aromatic carbocycles. The summed E-state index contributed by atoms with van der Waals surface area (Å²) in [5.74, 6) is -1.81. The van der Waals surface area contributed by atoms with Gasteiger partial charge in [0, 0.05) is 32.3 Å². The number of carbonyl (C=O) groups is 3. The van der Waals surface area contributed by atoms with E-state index in [0.29, 0.717) is 36.0 Å². The van der Waals surface area contributed by atoms with E-state index >= 15 is 0 Å². The Bertz CT molecular complexity index is 1720. The Morgan fingerprint density at radius 3 is 2.21 bits per heavy atom. The Labute approximate surface area is 312 Å². The third kappa shape index (κ3) is 14.5. The number of carboxylic acid groups (broad SMARTS) is 1. The Morgan fingerprint density at radius 1 is 0.925 bits per heavy atom. The first-order valence-electron chi connectivity index (χ1n) is 19.5. The van der Waals surface area contributed by atoms with Crippen molar-refractivity contribution in [3.63, 3.8) is 0 Å². The van der Waals surface area contributed by atoms with Crippen molar-refractivity contribution in [2.24, 2.45) is 0 Å². The van der Waals surface area contributed by atoms with Gasteiger partial charge in [-0.05, 0) is 99.1 Å². The molecule has 2 aromatic heterocycles. The minimum Gasteiger partial charge on any atom is -0.481 e. The number of amides is 2. The van der Waals surface area contributed by atoms with Crippen LogP contribution in [0.15, 0.2) is 53.5 Å². The van der Waals surface area contributed by atoms with Crippen LogP contribution in [0, 0.1) is 5.82 Å². The second-order valence-electron chi connectivity index (χ2n) is 14.2. The van der Waals surface area contributed by atoms with E-state index in [1.165, 1.54) is 16.7 Å². The molecule has 11 heteroatoms. The molecule has 4 rings (SSSR count). The van der Waals surface area contributed by atoms with Crippen LogP contribution in [-0.4, -0.2) is 58.7 Å². The van der Waals surface area contributed by atoms with E-state index in [-0.39, 0.29) is 42.8 Å². The van der Waals surface area contributed by atoms with Gasteiger partial charge in [-0.25, -0.2) is 4.39 Å². The fourth-order valence-electron chi connectivity index (χ4n) is 6.57. The predicted octanol–water partition coefficient (Wildman–Crippen LogP) is 7.43. The van der Waals surface area contributed by atoms with E-state index in [1.807, 2.05) is 6.07 Å². The van der Waals surface area contributed by atoms with Crippen molar-refractivity contribution in [2.45, 2.75) is 128 Å². The standard InChI is InChI=1S/C42H57FN4O6/c1-53-26-25-44-41(51)39-35(17-15-13-11-9-7-5-3-2-4-6-8-10-12-14-16-18-38(49)50)40-36(47(42(39)52)30-37(48)46-34-23-24-34)28-32(29-45-40)27-31-19-21-33(43)22-20-31/h2,4,19-22,28-29,34H,3,5-18,23-27,30H2,1H3,(H,44,51)(H,46,48)(H,49,50)/b4-2-. The van der Waals surface area contributed by atoms with Crippen molar-refractivity contribution >= 4 is 28.8 Å². The van der Waals surface area contributed by atoms with Gasteiger partial charge in [-0.2, -0.15) is 0 Å². The number of nitrogens with one attached hydrogen (secondary N) is 2. The summed E-state index contributed by atoms with van der Waals surface area (Å²) >= 11 is 0. The zero-order valence-corrected chi connectivity index (χ0v) is 31.3. The predicted molar refractivity (Wildman–Crippen MR) is 206 cm³/mol. The number of methoxy groups -OCH3 is 1. The van der Waals surface area contributed by atoms with Crippen LogP contribution in [-0.2, 0) is 33.7 Å². The van der Waals surface area contributed by atoms with Gasteiger partial charge < -0.3 is 20.5 Å². The van der Waals surface area contributed by atoms with Gasteiger partial charge >= 0.3 is 5.97 Å². The molecular formula is C42H57FN4O6. The lowest BCUT2D eigenvalue weighted by Gasteiger charge is -2.18. The van der Waals surface area contributed by atoms with E-state index in [2.05, 4.69) is 22.8 Å². The topological polar surface area (TPSA) is 140 Å². The SMILES string of the molecule is COCCNC(=O)c1c(CCCCCCCC/C=C\CCCCCCCC(=O)O)c2ncc(Cc3ccc(F)cc3)cc2n(CC(=O)NC2CC2)c1=O. The van der Waals surface area contributed by atoms with Crippen molar-refractivity contribution in [3.8, 4) is 0 Å². The zero-order chi connectivity index (χ0) is 37.8. The lowest BCUT2D eigenvalue weighted by atomic mass is 9.97. The lowest BCUT2D eigenvalue weighted by molar-refractivity contribution is -0.137. The minimum atomic E-state index is -0.712. The number of carbonyl (C=O) groups excluding carboxylic acids is 2. The van der Waals surface area contributed by atoms with E-state index in [4.69, 9.17) is 14.8 Å². The van der Waals surface area contributed by atoms with E-state index in [0.717, 1.165) is 107 Å². The molecule has 0 saturated heterocycles. The first-order valence-corrected chi connectivity index (χ1v) is 19.5. The van der Waals surface area contributed by atoms with Crippen LogP contribution in [0.3, 0.4) is 0 Å². The fraction of sp³-hybridized carbons (Fsp3) is 0.548. The lowest BCUT2D eigenvalue weighted by Crippen LogP contribution is -2.39. The molecule has 53 heavy (non-hydrogen) atoms. The Kier molecular flexibility index (Phi) is 17.7. The number of ether oxygens (including phenoxy) is 1. The largest absolute Gasteiger partial charge is 0.481 e. The van der Waals surface area contributed by atoms with Gasteiger partial charge in [-0.1, -0.05) is 69.2 Å². The summed E-state index contributed by atoms with van der Waals surface area (Å²) in [4.78, 5) is 56.2. The molecule has 3 N–H and O–H groups in total. The molecule has 2 heterocycles. The number of hydrogen-bond acceptors (Lipinski definition) is 6. The maximum Gasteiger partial charge on any atom is 0.303 e. The average molecular weight is 733 g/mol. The summed E-state index contributed by atoms with van der Waals surface area (Å²) < 4.78 is 20.1. The van der Waals surface area contributed by atoms with E-state index in [1.54, 1.807) is 25.4 Å². The summed E-state index contributed by atoms with van der Waals surface area (Å²) in [6.45, 7) is 0.312. The van der Waals surface area contributed by atoms with E-state index in [9.17, 15) is 23.6 Å². The molecule has 1 aliphatic carbocycles. The van der Waals surface area contributed by atoms with Gasteiger partial charge in [-0.15, -0.1) is 0 Å². The molecular weight excluding hydrogens is 675 g/mol. The molecule has 2 amide bonds. The smallest absolute Gasteiger partial charge is 0.303 e. The van der Waals surface area contributed by atoms with Crippen LogP contribution >= 0.6 is 0 Å². The van der Waals surface area contributed by atoms with Crippen LogP contribution in [0.25, 0.3) is 11.0 Å². The molecule has 0 aliphatic heterocycles. The summed E-state index contributed by atoms with van der Waals surface area (Å²) in [5, 5.41) is 14.5. The molecule has 0 bridgehead atoms. The normalized spacial score (nSPS) is 12.8. The number of aryl methyl sites for hydroxylation is 1. The molecule has 0 radical (unpaired) electrons. The van der Waals surface area contributed by atoms with Crippen molar-refractivity contribution in [1.82, 2.24) is 20.2 Å². The highest BCUT2D eigenvalue weighted by Gasteiger charge is 2.27. The number of aromatic nitrogens is 2. The maximum absolute atomic E-state index is 14.2. The number of halogens is 1.